The van der Waals surface area contributed by atoms with E-state index in [1.165, 1.54) is 43.8 Å². The highest BCUT2D eigenvalue weighted by atomic mass is 16.3. The van der Waals surface area contributed by atoms with Crippen LogP contribution < -0.4 is 0 Å². The maximum Gasteiger partial charge on any atom is 0.137 e. The number of hydrogen-bond donors (Lipinski definition) is 0. The van der Waals surface area contributed by atoms with E-state index in [1.54, 1.807) is 0 Å². The Kier molecular flexibility index (Phi) is 2.84. The fourth-order valence-electron chi connectivity index (χ4n) is 4.45. The van der Waals surface area contributed by atoms with Crippen molar-refractivity contribution in [2.45, 2.75) is 6.92 Å². The summed E-state index contributed by atoms with van der Waals surface area (Å²) in [6.07, 6.45) is 0. The molecule has 6 aromatic rings. The van der Waals surface area contributed by atoms with Gasteiger partial charge in [-0.3, -0.25) is 0 Å². The zero-order valence-electron chi connectivity index (χ0n) is 14.9. The number of nitrogens with zero attached hydrogens (tertiary/aromatic N) is 1. The van der Waals surface area contributed by atoms with Gasteiger partial charge in [0, 0.05) is 33.3 Å². The summed E-state index contributed by atoms with van der Waals surface area (Å²) in [6.45, 7) is 2.22. The molecule has 0 bridgehead atoms. The molecule has 2 heterocycles. The van der Waals surface area contributed by atoms with Crippen LogP contribution >= 0.6 is 0 Å². The molecule has 0 saturated heterocycles. The molecule has 2 heteroatoms. The lowest BCUT2D eigenvalue weighted by molar-refractivity contribution is 0.669. The van der Waals surface area contributed by atoms with Gasteiger partial charge in [-0.15, -0.1) is 0 Å². The van der Waals surface area contributed by atoms with Crippen LogP contribution in [-0.2, 0) is 0 Å². The monoisotopic (exact) mass is 347 g/mol. The van der Waals surface area contributed by atoms with Crippen molar-refractivity contribution in [2.24, 2.45) is 0 Å². The molecule has 0 fully saturated rings. The van der Waals surface area contributed by atoms with E-state index < -0.39 is 0 Å². The second-order valence-corrected chi connectivity index (χ2v) is 7.06. The van der Waals surface area contributed by atoms with E-state index in [0.29, 0.717) is 0 Å². The molecule has 0 radical (unpaired) electrons. The third-order valence-corrected chi connectivity index (χ3v) is 5.57. The molecule has 0 spiro atoms. The van der Waals surface area contributed by atoms with Crippen LogP contribution in [0.4, 0.5) is 0 Å². The van der Waals surface area contributed by atoms with Gasteiger partial charge in [0.1, 0.15) is 11.2 Å². The molecule has 2 nitrogen and oxygen atoms in total. The fourth-order valence-corrected chi connectivity index (χ4v) is 4.45. The summed E-state index contributed by atoms with van der Waals surface area (Å²) in [6, 6.07) is 29.7. The Bertz CT molecular complexity index is 1470. The Morgan fingerprint density at radius 2 is 1.33 bits per heavy atom. The smallest absolute Gasteiger partial charge is 0.137 e. The molecule has 0 aliphatic heterocycles. The number of hydrogen-bond acceptors (Lipinski definition) is 1. The molecule has 27 heavy (non-hydrogen) atoms. The van der Waals surface area contributed by atoms with Crippen LogP contribution in [-0.4, -0.2) is 4.57 Å². The predicted octanol–water partition coefficient (Wildman–Crippen LogP) is 6.99. The van der Waals surface area contributed by atoms with Gasteiger partial charge >= 0.3 is 0 Å². The molecule has 2 aromatic heterocycles. The summed E-state index contributed by atoms with van der Waals surface area (Å²) in [5.74, 6) is 0. The molecule has 0 aliphatic carbocycles. The van der Waals surface area contributed by atoms with Crippen molar-refractivity contribution in [3.63, 3.8) is 0 Å². The van der Waals surface area contributed by atoms with Gasteiger partial charge in [0.15, 0.2) is 0 Å². The van der Waals surface area contributed by atoms with Crippen LogP contribution in [0.5, 0.6) is 0 Å². The molecule has 0 atom stereocenters. The summed E-state index contributed by atoms with van der Waals surface area (Å²) in [4.78, 5) is 0. The van der Waals surface area contributed by atoms with E-state index in [9.17, 15) is 0 Å². The number of rotatable bonds is 1. The van der Waals surface area contributed by atoms with E-state index >= 15 is 0 Å². The molecule has 0 aliphatic rings. The van der Waals surface area contributed by atoms with Crippen LogP contribution in [0.1, 0.15) is 5.56 Å². The van der Waals surface area contributed by atoms with Crippen LogP contribution in [0.15, 0.2) is 89.3 Å². The second-order valence-electron chi connectivity index (χ2n) is 7.06. The lowest BCUT2D eigenvalue weighted by atomic mass is 10.0. The maximum absolute atomic E-state index is 6.21. The first kappa shape index (κ1) is 14.6. The van der Waals surface area contributed by atoms with Crippen molar-refractivity contribution in [1.82, 2.24) is 4.57 Å². The number of aromatic nitrogens is 1. The lowest BCUT2D eigenvalue weighted by Gasteiger charge is -2.08. The number of aryl methyl sites for hydroxylation is 1. The summed E-state index contributed by atoms with van der Waals surface area (Å²) < 4.78 is 8.55. The van der Waals surface area contributed by atoms with Gasteiger partial charge in [0.2, 0.25) is 0 Å². The van der Waals surface area contributed by atoms with Crippen LogP contribution in [0.2, 0.25) is 0 Å². The normalized spacial score (nSPS) is 11.9. The molecular weight excluding hydrogens is 330 g/mol. The largest absolute Gasteiger partial charge is 0.456 e. The summed E-state index contributed by atoms with van der Waals surface area (Å²) in [5, 5.41) is 4.98. The Labute approximate surface area is 156 Å². The van der Waals surface area contributed by atoms with E-state index in [0.717, 1.165) is 11.2 Å². The van der Waals surface area contributed by atoms with E-state index in [2.05, 4.69) is 84.3 Å². The molecular formula is C25H17NO. The third-order valence-electron chi connectivity index (χ3n) is 5.57. The molecule has 6 rings (SSSR count). The Morgan fingerprint density at radius 3 is 2.19 bits per heavy atom. The average molecular weight is 347 g/mol. The maximum atomic E-state index is 6.21. The van der Waals surface area contributed by atoms with E-state index in [4.69, 9.17) is 4.42 Å². The van der Waals surface area contributed by atoms with Crippen LogP contribution in [0.3, 0.4) is 0 Å². The number of benzene rings is 4. The van der Waals surface area contributed by atoms with Crippen molar-refractivity contribution >= 4 is 43.7 Å². The second kappa shape index (κ2) is 5.24. The van der Waals surface area contributed by atoms with Crippen molar-refractivity contribution < 1.29 is 4.42 Å². The number of fused-ring (bicyclic) bond motifs is 6. The first-order chi connectivity index (χ1) is 13.3. The standard InChI is InChI=1S/C25H17NO/c1-16-24-18-11-5-7-13-20(18)26(17-9-3-2-4-10-17)21(24)15-23-25(16)19-12-6-8-14-22(19)27-23/h2-15H,1H3. The van der Waals surface area contributed by atoms with Crippen LogP contribution in [0, 0.1) is 6.92 Å². The van der Waals surface area contributed by atoms with E-state index in [1.807, 2.05) is 12.1 Å². The van der Waals surface area contributed by atoms with Gasteiger partial charge in [-0.1, -0.05) is 54.6 Å². The Balaban J connectivity index is 1.90. The SMILES string of the molecule is Cc1c2c(cc3c1c1ccccc1n3-c1ccccc1)oc1ccccc12. The summed E-state index contributed by atoms with van der Waals surface area (Å²) in [5.41, 5.74) is 6.74. The van der Waals surface area contributed by atoms with Crippen molar-refractivity contribution in [3.8, 4) is 5.69 Å². The topological polar surface area (TPSA) is 18.1 Å². The van der Waals surface area contributed by atoms with Gasteiger partial charge in [0.25, 0.3) is 0 Å². The van der Waals surface area contributed by atoms with Crippen LogP contribution in [0.25, 0.3) is 49.4 Å². The van der Waals surface area contributed by atoms with E-state index in [-0.39, 0.29) is 0 Å². The highest BCUT2D eigenvalue weighted by Crippen LogP contribution is 2.40. The lowest BCUT2D eigenvalue weighted by Crippen LogP contribution is -1.93. The molecule has 0 unspecified atom stereocenters. The molecule has 128 valence electrons. The molecule has 4 aromatic carbocycles. The van der Waals surface area contributed by atoms with Gasteiger partial charge in [0.05, 0.1) is 11.0 Å². The van der Waals surface area contributed by atoms with Gasteiger partial charge in [-0.05, 0) is 36.8 Å². The highest BCUT2D eigenvalue weighted by molar-refractivity contribution is 6.19. The van der Waals surface area contributed by atoms with Gasteiger partial charge in [-0.25, -0.2) is 0 Å². The van der Waals surface area contributed by atoms with Gasteiger partial charge < -0.3 is 8.98 Å². The predicted molar refractivity (Wildman–Crippen MR) is 113 cm³/mol. The zero-order chi connectivity index (χ0) is 18.0. The molecule has 0 amide bonds. The van der Waals surface area contributed by atoms with Crippen molar-refractivity contribution in [3.05, 3.63) is 90.5 Å². The quantitative estimate of drug-likeness (QED) is 0.313. The van der Waals surface area contributed by atoms with Crippen molar-refractivity contribution in [2.75, 3.05) is 0 Å². The van der Waals surface area contributed by atoms with Crippen molar-refractivity contribution in [1.29, 1.82) is 0 Å². The first-order valence-electron chi connectivity index (χ1n) is 9.22. The van der Waals surface area contributed by atoms with Gasteiger partial charge in [-0.2, -0.15) is 0 Å². The molecule has 0 N–H and O–H groups in total. The third kappa shape index (κ3) is 1.90. The number of para-hydroxylation sites is 3. The molecule has 0 saturated carbocycles. The number of furan rings is 1. The average Bonchev–Trinajstić information content (AvgIpc) is 3.24. The zero-order valence-corrected chi connectivity index (χ0v) is 14.9. The minimum absolute atomic E-state index is 0.943. The Hall–Kier alpha value is -3.52. The summed E-state index contributed by atoms with van der Waals surface area (Å²) in [7, 11) is 0. The fraction of sp³-hybridized carbons (Fsp3) is 0.0400. The minimum atomic E-state index is 0.943. The Morgan fingerprint density at radius 1 is 0.630 bits per heavy atom. The highest BCUT2D eigenvalue weighted by Gasteiger charge is 2.18. The minimum Gasteiger partial charge on any atom is -0.456 e. The first-order valence-corrected chi connectivity index (χ1v) is 9.22. The summed E-state index contributed by atoms with van der Waals surface area (Å²) >= 11 is 0.